The van der Waals surface area contributed by atoms with E-state index in [1.165, 1.54) is 17.8 Å². The van der Waals surface area contributed by atoms with Crippen molar-refractivity contribution in [1.29, 1.82) is 0 Å². The molecular formula is C13H19NO3S. The van der Waals surface area contributed by atoms with Gasteiger partial charge in [0.15, 0.2) is 0 Å². The molecule has 0 spiro atoms. The fourth-order valence-electron chi connectivity index (χ4n) is 1.41. The molecule has 0 amide bonds. The number of aliphatic hydroxyl groups excluding tert-OH is 1. The van der Waals surface area contributed by atoms with E-state index in [9.17, 15) is 15.2 Å². The maximum Gasteiger partial charge on any atom is 0.283 e. The smallest absolute Gasteiger partial charge is 0.283 e. The topological polar surface area (TPSA) is 63.4 Å². The van der Waals surface area contributed by atoms with Gasteiger partial charge in [-0.15, -0.1) is 11.8 Å². The van der Waals surface area contributed by atoms with E-state index in [1.807, 2.05) is 0 Å². The molecular weight excluding hydrogens is 250 g/mol. The number of nitro benzene ring substituents is 1. The van der Waals surface area contributed by atoms with Crippen molar-refractivity contribution in [3.05, 3.63) is 33.9 Å². The lowest BCUT2D eigenvalue weighted by atomic mass is 10.1. The summed E-state index contributed by atoms with van der Waals surface area (Å²) < 4.78 is 0. The number of nitro groups is 1. The van der Waals surface area contributed by atoms with E-state index in [0.29, 0.717) is 16.4 Å². The van der Waals surface area contributed by atoms with Gasteiger partial charge < -0.3 is 5.11 Å². The Morgan fingerprint density at radius 2 is 2.11 bits per heavy atom. The fraction of sp³-hybridized carbons (Fsp3) is 0.538. The first-order valence-electron chi connectivity index (χ1n) is 6.04. The van der Waals surface area contributed by atoms with Crippen LogP contribution in [0.5, 0.6) is 0 Å². The third kappa shape index (κ3) is 3.99. The number of nitrogens with zero attached hydrogens (tertiary/aromatic N) is 1. The molecule has 0 fully saturated rings. The third-order valence-electron chi connectivity index (χ3n) is 2.88. The molecule has 0 aliphatic rings. The maximum atomic E-state index is 11.0. The summed E-state index contributed by atoms with van der Waals surface area (Å²) in [4.78, 5) is 11.3. The second-order valence-corrected chi connectivity index (χ2v) is 5.55. The van der Waals surface area contributed by atoms with Crippen LogP contribution in [0.2, 0.25) is 0 Å². The van der Waals surface area contributed by atoms with E-state index in [-0.39, 0.29) is 10.6 Å². The lowest BCUT2D eigenvalue weighted by Gasteiger charge is -2.10. The molecule has 0 saturated carbocycles. The molecule has 100 valence electrons. The number of rotatable bonds is 6. The average Bonchev–Trinajstić information content (AvgIpc) is 2.35. The molecule has 0 aliphatic heterocycles. The van der Waals surface area contributed by atoms with Crippen LogP contribution in [0.15, 0.2) is 23.1 Å². The Hall–Kier alpha value is -1.07. The number of thioether (sulfide) groups is 1. The lowest BCUT2D eigenvalue weighted by molar-refractivity contribution is -0.387. The quantitative estimate of drug-likeness (QED) is 0.485. The van der Waals surface area contributed by atoms with Crippen LogP contribution in [0.3, 0.4) is 0 Å². The van der Waals surface area contributed by atoms with E-state index in [4.69, 9.17) is 0 Å². The SMILES string of the molecule is CCC(C)CSc1ccc(C(C)O)cc1[N+](=O)[O-]. The van der Waals surface area contributed by atoms with Crippen molar-refractivity contribution >= 4 is 17.4 Å². The second-order valence-electron chi connectivity index (χ2n) is 4.48. The number of hydrogen-bond acceptors (Lipinski definition) is 4. The minimum atomic E-state index is -0.683. The third-order valence-corrected chi connectivity index (χ3v) is 4.27. The van der Waals surface area contributed by atoms with Crippen molar-refractivity contribution in [3.63, 3.8) is 0 Å². The van der Waals surface area contributed by atoms with Crippen LogP contribution in [-0.4, -0.2) is 15.8 Å². The summed E-state index contributed by atoms with van der Waals surface area (Å²) in [5.41, 5.74) is 0.663. The van der Waals surface area contributed by atoms with Gasteiger partial charge in [0.25, 0.3) is 5.69 Å². The molecule has 1 aromatic carbocycles. The summed E-state index contributed by atoms with van der Waals surface area (Å²) in [6, 6.07) is 4.94. The number of benzene rings is 1. The molecule has 4 nitrogen and oxygen atoms in total. The van der Waals surface area contributed by atoms with Gasteiger partial charge in [-0.2, -0.15) is 0 Å². The highest BCUT2D eigenvalue weighted by atomic mass is 32.2. The van der Waals surface area contributed by atoms with Gasteiger partial charge in [-0.1, -0.05) is 26.3 Å². The van der Waals surface area contributed by atoms with Crippen LogP contribution in [-0.2, 0) is 0 Å². The molecule has 1 rings (SSSR count). The van der Waals surface area contributed by atoms with Crippen molar-refractivity contribution in [2.45, 2.75) is 38.2 Å². The van der Waals surface area contributed by atoms with E-state index in [1.54, 1.807) is 19.1 Å². The summed E-state index contributed by atoms with van der Waals surface area (Å²) in [7, 11) is 0. The predicted octanol–water partition coefficient (Wildman–Crippen LogP) is 3.79. The van der Waals surface area contributed by atoms with Crippen LogP contribution in [0.1, 0.15) is 38.9 Å². The lowest BCUT2D eigenvalue weighted by Crippen LogP contribution is -1.99. The van der Waals surface area contributed by atoms with Gasteiger partial charge in [0.1, 0.15) is 0 Å². The standard InChI is InChI=1S/C13H19NO3S/c1-4-9(2)8-18-13-6-5-11(10(3)15)7-12(13)14(16)17/h5-7,9-10,15H,4,8H2,1-3H3. The Balaban J connectivity index is 2.93. The van der Waals surface area contributed by atoms with Crippen molar-refractivity contribution in [2.24, 2.45) is 5.92 Å². The van der Waals surface area contributed by atoms with Crippen molar-refractivity contribution in [3.8, 4) is 0 Å². The minimum absolute atomic E-state index is 0.0849. The number of aliphatic hydroxyl groups is 1. The second kappa shape index (κ2) is 6.75. The van der Waals surface area contributed by atoms with Crippen molar-refractivity contribution in [1.82, 2.24) is 0 Å². The summed E-state index contributed by atoms with van der Waals surface area (Å²) in [6.45, 7) is 5.84. The first-order valence-corrected chi connectivity index (χ1v) is 7.03. The first kappa shape index (κ1) is 15.0. The van der Waals surface area contributed by atoms with Crippen LogP contribution < -0.4 is 0 Å². The van der Waals surface area contributed by atoms with Crippen LogP contribution in [0.4, 0.5) is 5.69 Å². The maximum absolute atomic E-state index is 11.0. The Bertz CT molecular complexity index is 421. The van der Waals surface area contributed by atoms with Gasteiger partial charge in [0.05, 0.1) is 15.9 Å². The number of hydrogen-bond donors (Lipinski definition) is 1. The van der Waals surface area contributed by atoms with E-state index in [0.717, 1.165) is 12.2 Å². The molecule has 5 heteroatoms. The van der Waals surface area contributed by atoms with Gasteiger partial charge in [0, 0.05) is 11.8 Å². The Morgan fingerprint density at radius 3 is 2.61 bits per heavy atom. The molecule has 0 aromatic heterocycles. The average molecular weight is 269 g/mol. The van der Waals surface area contributed by atoms with Crippen LogP contribution >= 0.6 is 11.8 Å². The Labute approximate surface area is 112 Å². The molecule has 0 radical (unpaired) electrons. The van der Waals surface area contributed by atoms with Gasteiger partial charge >= 0.3 is 0 Å². The zero-order chi connectivity index (χ0) is 13.7. The van der Waals surface area contributed by atoms with E-state index in [2.05, 4.69) is 13.8 Å². The zero-order valence-electron chi connectivity index (χ0n) is 10.9. The van der Waals surface area contributed by atoms with Crippen LogP contribution in [0.25, 0.3) is 0 Å². The van der Waals surface area contributed by atoms with E-state index >= 15 is 0 Å². The van der Waals surface area contributed by atoms with E-state index < -0.39 is 6.10 Å². The molecule has 2 atom stereocenters. The molecule has 18 heavy (non-hydrogen) atoms. The van der Waals surface area contributed by atoms with Crippen molar-refractivity contribution < 1.29 is 10.0 Å². The summed E-state index contributed by atoms with van der Waals surface area (Å²) in [6.07, 6.45) is 0.379. The Morgan fingerprint density at radius 1 is 1.44 bits per heavy atom. The summed E-state index contributed by atoms with van der Waals surface area (Å²) in [5.74, 6) is 1.40. The largest absolute Gasteiger partial charge is 0.389 e. The van der Waals surface area contributed by atoms with Crippen molar-refractivity contribution in [2.75, 3.05) is 5.75 Å². The van der Waals surface area contributed by atoms with Gasteiger partial charge in [-0.05, 0) is 24.5 Å². The predicted molar refractivity (Wildman–Crippen MR) is 73.9 cm³/mol. The molecule has 1 aromatic rings. The van der Waals surface area contributed by atoms with Gasteiger partial charge in [-0.25, -0.2) is 0 Å². The highest BCUT2D eigenvalue weighted by Crippen LogP contribution is 2.33. The van der Waals surface area contributed by atoms with Gasteiger partial charge in [-0.3, -0.25) is 10.1 Å². The molecule has 0 heterocycles. The van der Waals surface area contributed by atoms with Gasteiger partial charge in [0.2, 0.25) is 0 Å². The summed E-state index contributed by atoms with van der Waals surface area (Å²) >= 11 is 1.51. The minimum Gasteiger partial charge on any atom is -0.389 e. The van der Waals surface area contributed by atoms with Crippen LogP contribution in [0, 0.1) is 16.0 Å². The summed E-state index contributed by atoms with van der Waals surface area (Å²) in [5, 5.41) is 20.5. The highest BCUT2D eigenvalue weighted by Gasteiger charge is 2.17. The molecule has 2 unspecified atom stereocenters. The normalized spacial score (nSPS) is 14.2. The molecule has 0 aliphatic carbocycles. The fourth-order valence-corrected chi connectivity index (χ4v) is 2.55. The molecule has 0 bridgehead atoms. The molecule has 1 N–H and O–H groups in total. The highest BCUT2D eigenvalue weighted by molar-refractivity contribution is 7.99. The first-order chi connectivity index (χ1) is 8.45. The molecule has 0 saturated heterocycles. The monoisotopic (exact) mass is 269 g/mol. The zero-order valence-corrected chi connectivity index (χ0v) is 11.7. The Kier molecular flexibility index (Phi) is 5.62.